The van der Waals surface area contributed by atoms with E-state index >= 15 is 0 Å². The highest BCUT2D eigenvalue weighted by Gasteiger charge is 2.32. The number of aromatic nitrogens is 4. The van der Waals surface area contributed by atoms with Crippen LogP contribution in [0.1, 0.15) is 49.2 Å². The molecule has 4 rings (SSSR count). The van der Waals surface area contributed by atoms with Crippen molar-refractivity contribution in [1.29, 1.82) is 5.26 Å². The SMILES string of the molecule is Cc1cnc(NC(=O)[C@H](C)c2ccnc(C#N)c2)cc1-c1cnn2c1CC(C)(C)C2. The van der Waals surface area contributed by atoms with E-state index in [4.69, 9.17) is 5.26 Å². The number of aryl methyl sites for hydroxylation is 1. The van der Waals surface area contributed by atoms with Gasteiger partial charge in [0, 0.05) is 30.2 Å². The number of hydrogen-bond donors (Lipinski definition) is 1. The molecule has 1 aliphatic rings. The van der Waals surface area contributed by atoms with E-state index in [0.717, 1.165) is 35.2 Å². The van der Waals surface area contributed by atoms with E-state index in [1.165, 1.54) is 5.69 Å². The second-order valence-corrected chi connectivity index (χ2v) is 8.69. The van der Waals surface area contributed by atoms with E-state index in [9.17, 15) is 4.79 Å². The van der Waals surface area contributed by atoms with E-state index in [2.05, 4.69) is 38.9 Å². The number of fused-ring (bicyclic) bond motifs is 1. The van der Waals surface area contributed by atoms with Crippen molar-refractivity contribution in [2.75, 3.05) is 5.32 Å². The lowest BCUT2D eigenvalue weighted by atomic mass is 9.89. The van der Waals surface area contributed by atoms with Gasteiger partial charge in [0.25, 0.3) is 0 Å². The molecule has 7 heteroatoms. The lowest BCUT2D eigenvalue weighted by molar-refractivity contribution is -0.117. The second-order valence-electron chi connectivity index (χ2n) is 8.69. The summed E-state index contributed by atoms with van der Waals surface area (Å²) < 4.78 is 2.08. The first-order valence-corrected chi connectivity index (χ1v) is 9.96. The number of anilines is 1. The second kappa shape index (κ2) is 7.38. The minimum absolute atomic E-state index is 0.186. The van der Waals surface area contributed by atoms with Crippen LogP contribution in [0, 0.1) is 23.7 Å². The Labute approximate surface area is 175 Å². The largest absolute Gasteiger partial charge is 0.310 e. The van der Waals surface area contributed by atoms with Crippen LogP contribution in [0.4, 0.5) is 5.82 Å². The lowest BCUT2D eigenvalue weighted by Crippen LogP contribution is -2.19. The Morgan fingerprint density at radius 2 is 2.07 bits per heavy atom. The predicted octanol–water partition coefficient (Wildman–Crippen LogP) is 3.84. The summed E-state index contributed by atoms with van der Waals surface area (Å²) in [5, 5.41) is 16.5. The van der Waals surface area contributed by atoms with Gasteiger partial charge >= 0.3 is 0 Å². The molecule has 7 nitrogen and oxygen atoms in total. The maximum absolute atomic E-state index is 12.8. The van der Waals surface area contributed by atoms with Crippen LogP contribution >= 0.6 is 0 Å². The fourth-order valence-electron chi connectivity index (χ4n) is 3.92. The number of nitrogens with zero attached hydrogens (tertiary/aromatic N) is 5. The molecule has 1 N–H and O–H groups in total. The maximum atomic E-state index is 12.8. The van der Waals surface area contributed by atoms with Crippen molar-refractivity contribution in [2.45, 2.75) is 46.6 Å². The highest BCUT2D eigenvalue weighted by atomic mass is 16.1. The molecule has 0 aromatic carbocycles. The molecule has 3 aromatic rings. The molecule has 1 atom stereocenters. The molecule has 0 saturated heterocycles. The van der Waals surface area contributed by atoms with Gasteiger partial charge < -0.3 is 5.32 Å². The van der Waals surface area contributed by atoms with Crippen LogP contribution in [0.15, 0.2) is 36.8 Å². The number of amides is 1. The van der Waals surface area contributed by atoms with Gasteiger partial charge in [0.05, 0.1) is 12.1 Å². The predicted molar refractivity (Wildman–Crippen MR) is 114 cm³/mol. The zero-order valence-electron chi connectivity index (χ0n) is 17.6. The van der Waals surface area contributed by atoms with Crippen molar-refractivity contribution >= 4 is 11.7 Å². The molecule has 1 amide bonds. The highest BCUT2D eigenvalue weighted by Crippen LogP contribution is 2.38. The summed E-state index contributed by atoms with van der Waals surface area (Å²) in [4.78, 5) is 21.2. The minimum atomic E-state index is -0.437. The number of nitrogens with one attached hydrogen (secondary N) is 1. The van der Waals surface area contributed by atoms with E-state index < -0.39 is 5.92 Å². The summed E-state index contributed by atoms with van der Waals surface area (Å²) in [6.07, 6.45) is 6.19. The van der Waals surface area contributed by atoms with Crippen LogP contribution in [0.5, 0.6) is 0 Å². The number of nitriles is 1. The van der Waals surface area contributed by atoms with Crippen LogP contribution < -0.4 is 5.32 Å². The van der Waals surface area contributed by atoms with Crippen molar-refractivity contribution in [1.82, 2.24) is 19.7 Å². The third-order valence-electron chi connectivity index (χ3n) is 5.61. The first kappa shape index (κ1) is 19.8. The van der Waals surface area contributed by atoms with Crippen molar-refractivity contribution < 1.29 is 4.79 Å². The molecule has 0 bridgehead atoms. The van der Waals surface area contributed by atoms with Crippen LogP contribution in [0.25, 0.3) is 11.1 Å². The maximum Gasteiger partial charge on any atom is 0.232 e. The third-order valence-corrected chi connectivity index (χ3v) is 5.61. The number of rotatable bonds is 4. The quantitative estimate of drug-likeness (QED) is 0.718. The molecule has 1 aliphatic heterocycles. The van der Waals surface area contributed by atoms with Gasteiger partial charge in [-0.15, -0.1) is 0 Å². The molecular weight excluding hydrogens is 376 g/mol. The lowest BCUT2D eigenvalue weighted by Gasteiger charge is -2.15. The number of pyridine rings is 2. The summed E-state index contributed by atoms with van der Waals surface area (Å²) in [7, 11) is 0. The standard InChI is InChI=1S/C23H24N6O/c1-14-11-26-21(28-22(30)15(2)16-5-6-25-17(7-16)10-24)8-18(14)19-12-27-29-13-23(3,4)9-20(19)29/h5-8,11-12,15H,9,13H2,1-4H3,(H,26,28,30)/t15-/m1/s1. The van der Waals surface area contributed by atoms with E-state index in [1.54, 1.807) is 31.5 Å². The molecule has 0 fully saturated rings. The van der Waals surface area contributed by atoms with E-state index in [-0.39, 0.29) is 11.3 Å². The van der Waals surface area contributed by atoms with Crippen molar-refractivity contribution in [3.05, 3.63) is 59.3 Å². The Bertz CT molecular complexity index is 1170. The van der Waals surface area contributed by atoms with Gasteiger partial charge in [0.15, 0.2) is 0 Å². The first-order chi connectivity index (χ1) is 14.3. The minimum Gasteiger partial charge on any atom is -0.310 e. The van der Waals surface area contributed by atoms with Gasteiger partial charge in [0.2, 0.25) is 5.91 Å². The Hall–Kier alpha value is -3.53. The van der Waals surface area contributed by atoms with Crippen LogP contribution in [-0.2, 0) is 17.8 Å². The monoisotopic (exact) mass is 400 g/mol. The Balaban J connectivity index is 1.59. The van der Waals surface area contributed by atoms with Gasteiger partial charge in [-0.2, -0.15) is 10.4 Å². The summed E-state index contributed by atoms with van der Waals surface area (Å²) >= 11 is 0. The van der Waals surface area contributed by atoms with Crippen molar-refractivity contribution in [2.24, 2.45) is 5.41 Å². The van der Waals surface area contributed by atoms with Gasteiger partial charge in [-0.25, -0.2) is 9.97 Å². The molecule has 0 aliphatic carbocycles. The van der Waals surface area contributed by atoms with Crippen molar-refractivity contribution in [3.63, 3.8) is 0 Å². The van der Waals surface area contributed by atoms with Crippen molar-refractivity contribution in [3.8, 4) is 17.2 Å². The van der Waals surface area contributed by atoms with Gasteiger partial charge in [-0.1, -0.05) is 13.8 Å². The zero-order chi connectivity index (χ0) is 21.5. The summed E-state index contributed by atoms with van der Waals surface area (Å²) in [6.45, 7) is 9.21. The third kappa shape index (κ3) is 3.69. The fourth-order valence-corrected chi connectivity index (χ4v) is 3.92. The Morgan fingerprint density at radius 3 is 2.83 bits per heavy atom. The normalized spacial score (nSPS) is 15.3. The molecular formula is C23H24N6O. The zero-order valence-corrected chi connectivity index (χ0v) is 17.6. The van der Waals surface area contributed by atoms with Crippen LogP contribution in [0.3, 0.4) is 0 Å². The average molecular weight is 400 g/mol. The molecule has 3 aromatic heterocycles. The Morgan fingerprint density at radius 1 is 1.27 bits per heavy atom. The smallest absolute Gasteiger partial charge is 0.232 e. The van der Waals surface area contributed by atoms with E-state index in [0.29, 0.717) is 11.5 Å². The van der Waals surface area contributed by atoms with Gasteiger partial charge in [0.1, 0.15) is 17.6 Å². The molecule has 4 heterocycles. The first-order valence-electron chi connectivity index (χ1n) is 9.96. The number of hydrogen-bond acceptors (Lipinski definition) is 5. The highest BCUT2D eigenvalue weighted by molar-refractivity contribution is 5.95. The molecule has 0 unspecified atom stereocenters. The fraction of sp³-hybridized carbons (Fsp3) is 0.348. The molecule has 0 radical (unpaired) electrons. The summed E-state index contributed by atoms with van der Waals surface area (Å²) in [6, 6.07) is 7.30. The van der Waals surface area contributed by atoms with E-state index in [1.807, 2.05) is 25.3 Å². The molecule has 0 saturated carbocycles. The number of carbonyl (C=O) groups is 1. The van der Waals surface area contributed by atoms with Gasteiger partial charge in [-0.05, 0) is 60.6 Å². The molecule has 152 valence electrons. The number of carbonyl (C=O) groups excluding carboxylic acids is 1. The van der Waals surface area contributed by atoms with Crippen LogP contribution in [-0.4, -0.2) is 25.7 Å². The molecule has 30 heavy (non-hydrogen) atoms. The Kier molecular flexibility index (Phi) is 4.86. The van der Waals surface area contributed by atoms with Crippen LogP contribution in [0.2, 0.25) is 0 Å². The molecule has 0 spiro atoms. The summed E-state index contributed by atoms with van der Waals surface area (Å²) in [5.41, 5.74) is 5.61. The topological polar surface area (TPSA) is 96.5 Å². The average Bonchev–Trinajstić information content (AvgIpc) is 3.23. The summed E-state index contributed by atoms with van der Waals surface area (Å²) in [5.74, 6) is -0.124. The van der Waals surface area contributed by atoms with Gasteiger partial charge in [-0.3, -0.25) is 9.48 Å².